The first-order valence-corrected chi connectivity index (χ1v) is 14.7. The zero-order chi connectivity index (χ0) is 28.4. The van der Waals surface area contributed by atoms with Gasteiger partial charge in [-0.05, 0) is 37.3 Å². The average Bonchev–Trinajstić information content (AvgIpc) is 3.54. The summed E-state index contributed by atoms with van der Waals surface area (Å²) in [4.78, 5) is 29.8. The number of ether oxygens (including phenoxy) is 2. The van der Waals surface area contributed by atoms with Gasteiger partial charge in [0.2, 0.25) is 17.8 Å². The number of amides is 1. The Bertz CT molecular complexity index is 1130. The number of nitrogens with one attached hydrogen (secondary N) is 4. The molecule has 2 heterocycles. The number of aromatic nitrogens is 5. The Kier molecular flexibility index (Phi) is 13.1. The molecule has 2 aromatic heterocycles. The third-order valence-electron chi connectivity index (χ3n) is 6.81. The number of rotatable bonds is 19. The number of benzene rings is 1. The van der Waals surface area contributed by atoms with E-state index >= 15 is 0 Å². The minimum atomic E-state index is -0.102. The molecule has 0 spiro atoms. The van der Waals surface area contributed by atoms with Crippen LogP contribution in [0.2, 0.25) is 0 Å². The minimum Gasteiger partial charge on any atom is -0.377 e. The summed E-state index contributed by atoms with van der Waals surface area (Å²) in [5.74, 6) is 2.21. The molecular weight excluding hydrogens is 522 g/mol. The second-order valence-electron chi connectivity index (χ2n) is 10.0. The van der Waals surface area contributed by atoms with Gasteiger partial charge in [0.15, 0.2) is 0 Å². The number of carbonyl (C=O) groups excluding carboxylic acids is 1. The van der Waals surface area contributed by atoms with E-state index in [-0.39, 0.29) is 5.91 Å². The topological polar surface area (TPSA) is 140 Å². The van der Waals surface area contributed by atoms with Crippen LogP contribution >= 0.6 is 0 Å². The van der Waals surface area contributed by atoms with Gasteiger partial charge in [0.05, 0.1) is 32.8 Å². The molecule has 0 unspecified atom stereocenters. The summed E-state index contributed by atoms with van der Waals surface area (Å²) in [5.41, 5.74) is 0.641. The van der Waals surface area contributed by atoms with Gasteiger partial charge in [0.25, 0.3) is 5.91 Å². The van der Waals surface area contributed by atoms with Crippen LogP contribution in [0.25, 0.3) is 0 Å². The van der Waals surface area contributed by atoms with Gasteiger partial charge in [-0.25, -0.2) is 4.98 Å². The second kappa shape index (κ2) is 17.8. The Hall–Kier alpha value is -3.77. The third kappa shape index (κ3) is 11.7. The van der Waals surface area contributed by atoms with Gasteiger partial charge < -0.3 is 35.3 Å². The fourth-order valence-electron chi connectivity index (χ4n) is 4.61. The van der Waals surface area contributed by atoms with Crippen LogP contribution in [0.1, 0.15) is 48.9 Å². The monoisotopic (exact) mass is 565 g/mol. The quantitative estimate of drug-likeness (QED) is 0.160. The van der Waals surface area contributed by atoms with Crippen molar-refractivity contribution in [2.75, 3.05) is 68.6 Å². The fraction of sp³-hybridized carbons (Fsp3) is 0.552. The van der Waals surface area contributed by atoms with E-state index in [1.54, 1.807) is 18.3 Å². The number of aryl methyl sites for hydroxylation is 1. The molecule has 12 heteroatoms. The number of hydrogen-bond donors (Lipinski definition) is 4. The van der Waals surface area contributed by atoms with Crippen LogP contribution in [0, 0.1) is 5.92 Å². The molecule has 1 aliphatic rings. The molecule has 222 valence electrons. The standard InChI is InChI=1S/C29H43N9O3/c39-26(25-10-5-2-6-11-25)31-14-18-40-20-21-41-19-15-33-28-35-27(32-12-7-16-38-17-13-30-23-38)36-29(37-28)34-22-24-8-3-1-4-9-24/h2,5-6,10-11,13,17,23-24H,1,3-4,7-9,12,14-16,18-22H2,(H,31,39)(H3,32,33,34,35,36,37). The summed E-state index contributed by atoms with van der Waals surface area (Å²) >= 11 is 0. The van der Waals surface area contributed by atoms with Gasteiger partial charge in [0.1, 0.15) is 0 Å². The lowest BCUT2D eigenvalue weighted by atomic mass is 9.89. The van der Waals surface area contributed by atoms with E-state index in [1.165, 1.54) is 32.1 Å². The van der Waals surface area contributed by atoms with Gasteiger partial charge in [-0.15, -0.1) is 0 Å². The van der Waals surface area contributed by atoms with Gasteiger partial charge >= 0.3 is 0 Å². The highest BCUT2D eigenvalue weighted by Crippen LogP contribution is 2.23. The van der Waals surface area contributed by atoms with Gasteiger partial charge in [-0.1, -0.05) is 37.5 Å². The highest BCUT2D eigenvalue weighted by molar-refractivity contribution is 5.94. The van der Waals surface area contributed by atoms with Crippen LogP contribution in [-0.2, 0) is 16.0 Å². The lowest BCUT2D eigenvalue weighted by Crippen LogP contribution is -2.27. The first-order chi connectivity index (χ1) is 20.3. The molecule has 1 amide bonds. The largest absolute Gasteiger partial charge is 0.377 e. The molecule has 1 aliphatic carbocycles. The Balaban J connectivity index is 1.12. The third-order valence-corrected chi connectivity index (χ3v) is 6.81. The number of imidazole rings is 1. The first kappa shape index (κ1) is 30.2. The Morgan fingerprint density at radius 2 is 1.51 bits per heavy atom. The van der Waals surface area contributed by atoms with E-state index < -0.39 is 0 Å². The zero-order valence-electron chi connectivity index (χ0n) is 23.8. The minimum absolute atomic E-state index is 0.102. The lowest BCUT2D eigenvalue weighted by Gasteiger charge is -2.21. The van der Waals surface area contributed by atoms with Gasteiger partial charge in [-0.2, -0.15) is 15.0 Å². The summed E-state index contributed by atoms with van der Waals surface area (Å²) in [7, 11) is 0. The Labute approximate surface area is 242 Å². The number of hydrogen-bond acceptors (Lipinski definition) is 10. The van der Waals surface area contributed by atoms with Crippen molar-refractivity contribution in [3.8, 4) is 0 Å². The van der Waals surface area contributed by atoms with Crippen LogP contribution in [0.5, 0.6) is 0 Å². The van der Waals surface area contributed by atoms with Gasteiger partial charge in [-0.3, -0.25) is 4.79 Å². The molecule has 0 radical (unpaired) electrons. The molecule has 0 saturated heterocycles. The highest BCUT2D eigenvalue weighted by Gasteiger charge is 2.14. The predicted octanol–water partition coefficient (Wildman–Crippen LogP) is 3.44. The number of nitrogens with zero attached hydrogens (tertiary/aromatic N) is 5. The lowest BCUT2D eigenvalue weighted by molar-refractivity contribution is 0.0519. The first-order valence-electron chi connectivity index (χ1n) is 14.7. The van der Waals surface area contributed by atoms with E-state index in [1.807, 2.05) is 35.3 Å². The molecule has 12 nitrogen and oxygen atoms in total. The van der Waals surface area contributed by atoms with Crippen molar-refractivity contribution in [2.45, 2.75) is 45.1 Å². The van der Waals surface area contributed by atoms with Crippen LogP contribution in [0.15, 0.2) is 49.1 Å². The van der Waals surface area contributed by atoms with E-state index in [4.69, 9.17) is 9.47 Å². The Morgan fingerprint density at radius 1 is 0.829 bits per heavy atom. The number of anilines is 3. The molecule has 4 rings (SSSR count). The van der Waals surface area contributed by atoms with E-state index in [2.05, 4.69) is 41.2 Å². The molecule has 1 saturated carbocycles. The zero-order valence-corrected chi connectivity index (χ0v) is 23.8. The van der Waals surface area contributed by atoms with Crippen molar-refractivity contribution >= 4 is 23.8 Å². The second-order valence-corrected chi connectivity index (χ2v) is 10.0. The van der Waals surface area contributed by atoms with Crippen molar-refractivity contribution in [1.82, 2.24) is 29.8 Å². The Morgan fingerprint density at radius 3 is 2.22 bits per heavy atom. The highest BCUT2D eigenvalue weighted by atomic mass is 16.5. The number of carbonyl (C=O) groups is 1. The van der Waals surface area contributed by atoms with Gasteiger partial charge in [0, 0.05) is 50.7 Å². The molecule has 41 heavy (non-hydrogen) atoms. The smallest absolute Gasteiger partial charge is 0.251 e. The van der Waals surface area contributed by atoms with Crippen LogP contribution in [0.4, 0.5) is 17.8 Å². The SMILES string of the molecule is O=C(NCCOCCOCCNc1nc(NCCCn2ccnc2)nc(NCC2CCCCC2)n1)c1ccccc1. The molecule has 0 atom stereocenters. The summed E-state index contributed by atoms with van der Waals surface area (Å²) in [5, 5.41) is 12.8. The molecule has 3 aromatic rings. The summed E-state index contributed by atoms with van der Waals surface area (Å²) < 4.78 is 13.3. The molecule has 0 bridgehead atoms. The summed E-state index contributed by atoms with van der Waals surface area (Å²) in [6, 6.07) is 9.13. The van der Waals surface area contributed by atoms with Crippen molar-refractivity contribution in [1.29, 1.82) is 0 Å². The van der Waals surface area contributed by atoms with Crippen molar-refractivity contribution in [3.63, 3.8) is 0 Å². The van der Waals surface area contributed by atoms with Crippen molar-refractivity contribution in [3.05, 3.63) is 54.6 Å². The van der Waals surface area contributed by atoms with Crippen molar-refractivity contribution < 1.29 is 14.3 Å². The van der Waals surface area contributed by atoms with E-state index in [0.29, 0.717) is 68.8 Å². The summed E-state index contributed by atoms with van der Waals surface area (Å²) in [6.45, 7) is 5.33. The molecular formula is C29H43N9O3. The summed E-state index contributed by atoms with van der Waals surface area (Å²) in [6.07, 6.45) is 12.9. The van der Waals surface area contributed by atoms with Crippen LogP contribution in [-0.4, -0.2) is 83.0 Å². The van der Waals surface area contributed by atoms with Crippen LogP contribution in [0.3, 0.4) is 0 Å². The van der Waals surface area contributed by atoms with Crippen LogP contribution < -0.4 is 21.3 Å². The predicted molar refractivity (Wildman–Crippen MR) is 159 cm³/mol. The maximum atomic E-state index is 12.0. The molecule has 4 N–H and O–H groups in total. The van der Waals surface area contributed by atoms with E-state index in [9.17, 15) is 4.79 Å². The maximum Gasteiger partial charge on any atom is 0.251 e. The van der Waals surface area contributed by atoms with E-state index in [0.717, 1.165) is 26.1 Å². The molecule has 0 aliphatic heterocycles. The van der Waals surface area contributed by atoms with Crippen molar-refractivity contribution in [2.24, 2.45) is 5.92 Å². The molecule has 1 fully saturated rings. The average molecular weight is 566 g/mol. The normalized spacial score (nSPS) is 13.6. The molecule has 1 aromatic carbocycles. The fourth-order valence-corrected chi connectivity index (χ4v) is 4.61. The maximum absolute atomic E-state index is 12.0.